The molecule has 0 aromatic carbocycles. The molecule has 168 valence electrons. The number of piperidine rings is 1. The van der Waals surface area contributed by atoms with Gasteiger partial charge in [-0.25, -0.2) is 9.59 Å². The number of likely N-dealkylation sites (tertiary alicyclic amines) is 1. The minimum atomic E-state index is -0.993. The summed E-state index contributed by atoms with van der Waals surface area (Å²) in [5.41, 5.74) is -0.917. The van der Waals surface area contributed by atoms with Crippen LogP contribution in [0, 0.1) is 0 Å². The summed E-state index contributed by atoms with van der Waals surface area (Å²) >= 11 is 0. The van der Waals surface area contributed by atoms with Gasteiger partial charge < -0.3 is 18.9 Å². The zero-order valence-electron chi connectivity index (χ0n) is 18.6. The molecule has 29 heavy (non-hydrogen) atoms. The topological polar surface area (TPSA) is 96.1 Å². The lowest BCUT2D eigenvalue weighted by atomic mass is 9.78. The Labute approximate surface area is 172 Å². The standard InChI is InChI=1S/C20H35NO8/c1-18(2,3)29-28-17(23)25-9-8-24-16(22)27-14-10-19(4,5)21(12-15-13-26-15)20(6,7)11-14/h14-15H,8-13H2,1-7H3. The molecule has 9 nitrogen and oxygen atoms in total. The quantitative estimate of drug-likeness (QED) is 0.203. The molecule has 2 saturated heterocycles. The van der Waals surface area contributed by atoms with Crippen molar-refractivity contribution in [2.75, 3.05) is 26.4 Å². The molecule has 2 fully saturated rings. The molecule has 2 aliphatic rings. The molecule has 0 N–H and O–H groups in total. The highest BCUT2D eigenvalue weighted by atomic mass is 17.2. The number of carbonyl (C=O) groups is 2. The maximum atomic E-state index is 12.0. The molecular weight excluding hydrogens is 382 g/mol. The lowest BCUT2D eigenvalue weighted by molar-refractivity contribution is -0.312. The highest BCUT2D eigenvalue weighted by Gasteiger charge is 2.48. The minimum absolute atomic E-state index is 0.131. The van der Waals surface area contributed by atoms with Gasteiger partial charge in [-0.2, -0.15) is 4.89 Å². The molecule has 2 heterocycles. The summed E-state index contributed by atoms with van der Waals surface area (Å²) < 4.78 is 20.7. The summed E-state index contributed by atoms with van der Waals surface area (Å²) in [5, 5.41) is 0. The van der Waals surface area contributed by atoms with Gasteiger partial charge in [-0.1, -0.05) is 0 Å². The average Bonchev–Trinajstić information content (AvgIpc) is 3.36. The molecule has 9 heteroatoms. The Hall–Kier alpha value is -1.58. The first kappa shape index (κ1) is 23.7. The van der Waals surface area contributed by atoms with Crippen molar-refractivity contribution in [2.24, 2.45) is 0 Å². The van der Waals surface area contributed by atoms with Gasteiger partial charge in [-0.05, 0) is 48.5 Å². The fraction of sp³-hybridized carbons (Fsp3) is 0.900. The first-order chi connectivity index (χ1) is 13.3. The van der Waals surface area contributed by atoms with Crippen LogP contribution in [0.3, 0.4) is 0 Å². The van der Waals surface area contributed by atoms with E-state index in [4.69, 9.17) is 23.8 Å². The molecule has 0 aromatic heterocycles. The number of hydrogen-bond acceptors (Lipinski definition) is 9. The molecule has 0 amide bonds. The SMILES string of the molecule is CC(C)(C)OOC(=O)OCCOC(=O)OC1CC(C)(C)N(CC2CO2)C(C)(C)C1. The van der Waals surface area contributed by atoms with Crippen LogP contribution in [0.4, 0.5) is 9.59 Å². The molecule has 0 aliphatic carbocycles. The number of epoxide rings is 1. The zero-order chi connectivity index (χ0) is 21.9. The van der Waals surface area contributed by atoms with E-state index in [-0.39, 0.29) is 30.4 Å². The Bertz CT molecular complexity index is 562. The Balaban J connectivity index is 1.70. The molecule has 0 saturated carbocycles. The summed E-state index contributed by atoms with van der Waals surface area (Å²) in [6.45, 7) is 15.2. The molecule has 2 aliphatic heterocycles. The Morgan fingerprint density at radius 2 is 1.52 bits per heavy atom. The largest absolute Gasteiger partial charge is 0.540 e. The monoisotopic (exact) mass is 417 g/mol. The summed E-state index contributed by atoms with van der Waals surface area (Å²) in [6.07, 6.45) is -0.321. The first-order valence-electron chi connectivity index (χ1n) is 10.0. The van der Waals surface area contributed by atoms with Gasteiger partial charge in [-0.15, -0.1) is 0 Å². The molecule has 0 spiro atoms. The summed E-state index contributed by atoms with van der Waals surface area (Å²) in [6, 6.07) is 0. The van der Waals surface area contributed by atoms with Crippen molar-refractivity contribution in [1.29, 1.82) is 0 Å². The molecule has 1 unspecified atom stereocenters. The van der Waals surface area contributed by atoms with Gasteiger partial charge in [0.1, 0.15) is 24.9 Å². The number of nitrogens with zero attached hydrogens (tertiary/aromatic N) is 1. The molecule has 0 aromatic rings. The van der Waals surface area contributed by atoms with Crippen molar-refractivity contribution in [3.63, 3.8) is 0 Å². The number of ether oxygens (including phenoxy) is 4. The smallest absolute Gasteiger partial charge is 0.431 e. The van der Waals surface area contributed by atoms with Gasteiger partial charge >= 0.3 is 12.3 Å². The van der Waals surface area contributed by atoms with E-state index in [9.17, 15) is 9.59 Å². The fourth-order valence-corrected chi connectivity index (χ4v) is 3.78. The van der Waals surface area contributed by atoms with Crippen LogP contribution in [-0.4, -0.2) is 72.5 Å². The van der Waals surface area contributed by atoms with Crippen LogP contribution in [0.2, 0.25) is 0 Å². The molecule has 1 atom stereocenters. The van der Waals surface area contributed by atoms with Gasteiger partial charge in [0.2, 0.25) is 0 Å². The second-order valence-corrected chi connectivity index (χ2v) is 9.81. The number of hydrogen-bond donors (Lipinski definition) is 0. The summed E-state index contributed by atoms with van der Waals surface area (Å²) in [7, 11) is 0. The van der Waals surface area contributed by atoms with Crippen LogP contribution in [0.5, 0.6) is 0 Å². The predicted octanol–water partition coefficient (Wildman–Crippen LogP) is 3.44. The third-order valence-electron chi connectivity index (χ3n) is 4.85. The van der Waals surface area contributed by atoms with E-state index in [2.05, 4.69) is 37.5 Å². The van der Waals surface area contributed by atoms with E-state index >= 15 is 0 Å². The Morgan fingerprint density at radius 3 is 2.00 bits per heavy atom. The van der Waals surface area contributed by atoms with Gasteiger partial charge in [-0.3, -0.25) is 9.79 Å². The Morgan fingerprint density at radius 1 is 1.00 bits per heavy atom. The van der Waals surface area contributed by atoms with E-state index in [1.54, 1.807) is 20.8 Å². The van der Waals surface area contributed by atoms with Crippen LogP contribution >= 0.6 is 0 Å². The van der Waals surface area contributed by atoms with E-state index < -0.39 is 17.9 Å². The highest BCUT2D eigenvalue weighted by molar-refractivity contribution is 5.60. The van der Waals surface area contributed by atoms with Gasteiger partial charge in [0.25, 0.3) is 0 Å². The van der Waals surface area contributed by atoms with E-state index in [1.807, 2.05) is 0 Å². The predicted molar refractivity (Wildman–Crippen MR) is 103 cm³/mol. The van der Waals surface area contributed by atoms with Crippen LogP contribution < -0.4 is 0 Å². The normalized spacial score (nSPS) is 23.9. The number of carbonyl (C=O) groups excluding carboxylic acids is 2. The maximum Gasteiger partial charge on any atom is 0.540 e. The van der Waals surface area contributed by atoms with Gasteiger partial charge in [0.15, 0.2) is 0 Å². The van der Waals surface area contributed by atoms with Crippen molar-refractivity contribution >= 4 is 12.3 Å². The summed E-state index contributed by atoms with van der Waals surface area (Å²) in [4.78, 5) is 35.1. The first-order valence-corrected chi connectivity index (χ1v) is 10.0. The van der Waals surface area contributed by atoms with Crippen LogP contribution in [0.25, 0.3) is 0 Å². The molecule has 0 radical (unpaired) electrons. The fourth-order valence-electron chi connectivity index (χ4n) is 3.78. The average molecular weight is 417 g/mol. The van der Waals surface area contributed by atoms with Gasteiger partial charge in [0.05, 0.1) is 12.7 Å². The van der Waals surface area contributed by atoms with E-state index in [0.717, 1.165) is 13.2 Å². The van der Waals surface area contributed by atoms with Crippen molar-refractivity contribution in [3.05, 3.63) is 0 Å². The lowest BCUT2D eigenvalue weighted by Gasteiger charge is -2.54. The second-order valence-electron chi connectivity index (χ2n) is 9.81. The second kappa shape index (κ2) is 9.06. The lowest BCUT2D eigenvalue weighted by Crippen LogP contribution is -2.63. The van der Waals surface area contributed by atoms with Gasteiger partial charge in [0, 0.05) is 30.5 Å². The highest BCUT2D eigenvalue weighted by Crippen LogP contribution is 2.40. The molecule has 2 rings (SSSR count). The van der Waals surface area contributed by atoms with Crippen LogP contribution in [0.1, 0.15) is 61.3 Å². The third-order valence-corrected chi connectivity index (χ3v) is 4.85. The van der Waals surface area contributed by atoms with E-state index in [0.29, 0.717) is 18.9 Å². The third kappa shape index (κ3) is 7.98. The van der Waals surface area contributed by atoms with E-state index in [1.165, 1.54) is 0 Å². The number of rotatable bonds is 7. The van der Waals surface area contributed by atoms with Crippen molar-refractivity contribution in [1.82, 2.24) is 4.90 Å². The van der Waals surface area contributed by atoms with Crippen molar-refractivity contribution in [3.8, 4) is 0 Å². The van der Waals surface area contributed by atoms with Crippen molar-refractivity contribution < 1.29 is 38.3 Å². The van der Waals surface area contributed by atoms with Crippen LogP contribution in [0.15, 0.2) is 0 Å². The molecule has 0 bridgehead atoms. The van der Waals surface area contributed by atoms with Crippen molar-refractivity contribution in [2.45, 2.75) is 90.2 Å². The zero-order valence-corrected chi connectivity index (χ0v) is 18.6. The Kier molecular flexibility index (Phi) is 7.40. The summed E-state index contributed by atoms with van der Waals surface area (Å²) in [5.74, 6) is 0. The maximum absolute atomic E-state index is 12.0. The molecular formula is C20H35NO8. The minimum Gasteiger partial charge on any atom is -0.431 e. The van der Waals surface area contributed by atoms with Crippen LogP contribution in [-0.2, 0) is 28.7 Å².